The third kappa shape index (κ3) is 3.91. The van der Waals surface area contributed by atoms with Gasteiger partial charge in [0.15, 0.2) is 5.43 Å². The van der Waals surface area contributed by atoms with Gasteiger partial charge in [-0.05, 0) is 59.7 Å². The van der Waals surface area contributed by atoms with E-state index in [2.05, 4.69) is 0 Å². The van der Waals surface area contributed by atoms with Gasteiger partial charge in [0, 0.05) is 22.9 Å². The molecule has 0 unspecified atom stereocenters. The highest BCUT2D eigenvalue weighted by molar-refractivity contribution is 5.94. The fraction of sp³-hybridized carbons (Fsp3) is 0.0370. The molecule has 7 heteroatoms. The second-order valence-corrected chi connectivity index (χ2v) is 7.75. The van der Waals surface area contributed by atoms with Gasteiger partial charge in [0.05, 0.1) is 16.0 Å². The molecule has 0 fully saturated rings. The average Bonchev–Trinajstić information content (AvgIpc) is 2.87. The van der Waals surface area contributed by atoms with Gasteiger partial charge in [-0.3, -0.25) is 14.9 Å². The smallest absolute Gasteiger partial charge is 0.331 e. The molecule has 0 bridgehead atoms. The first kappa shape index (κ1) is 21.1. The van der Waals surface area contributed by atoms with Crippen LogP contribution in [0.3, 0.4) is 0 Å². The maximum Gasteiger partial charge on any atom is 0.331 e. The maximum atomic E-state index is 12.9. The molecule has 0 amide bonds. The van der Waals surface area contributed by atoms with Crippen LogP contribution in [-0.4, -0.2) is 15.5 Å². The molecule has 5 aromatic rings. The zero-order chi connectivity index (χ0) is 23.7. The second kappa shape index (κ2) is 8.63. The van der Waals surface area contributed by atoms with Gasteiger partial charge in [0.1, 0.15) is 12.3 Å². The summed E-state index contributed by atoms with van der Waals surface area (Å²) in [6, 6.07) is 27.6. The molecular weight excluding hydrogens is 432 g/mol. The van der Waals surface area contributed by atoms with Gasteiger partial charge >= 0.3 is 5.97 Å². The minimum absolute atomic E-state index is 0.0249. The van der Waals surface area contributed by atoms with Crippen LogP contribution in [0.5, 0.6) is 5.75 Å². The van der Waals surface area contributed by atoms with Crippen LogP contribution in [-0.2, 0) is 11.3 Å². The number of pyridine rings is 1. The van der Waals surface area contributed by atoms with Crippen LogP contribution in [0.2, 0.25) is 0 Å². The van der Waals surface area contributed by atoms with Crippen LogP contribution in [0, 0.1) is 10.1 Å². The Bertz CT molecular complexity index is 1540. The molecule has 0 aliphatic carbocycles. The van der Waals surface area contributed by atoms with E-state index in [1.165, 1.54) is 12.1 Å². The minimum Gasteiger partial charge on any atom is -0.425 e. The number of nitro groups is 1. The monoisotopic (exact) mass is 450 g/mol. The first-order valence-electron chi connectivity index (χ1n) is 10.6. The van der Waals surface area contributed by atoms with Crippen molar-refractivity contribution in [1.82, 2.24) is 4.57 Å². The number of nitrogens with zero attached hydrogens (tertiary/aromatic N) is 2. The molecule has 0 saturated heterocycles. The van der Waals surface area contributed by atoms with Crippen molar-refractivity contribution >= 4 is 33.5 Å². The lowest BCUT2D eigenvalue weighted by molar-refractivity contribution is -0.384. The summed E-state index contributed by atoms with van der Waals surface area (Å²) in [6.45, 7) is -0.0641. The number of fused-ring (bicyclic) bond motifs is 2. The molecule has 0 aliphatic heterocycles. The Hall–Kier alpha value is -4.78. The molecule has 0 N–H and O–H groups in total. The highest BCUT2D eigenvalue weighted by atomic mass is 16.6. The minimum atomic E-state index is -0.470. The summed E-state index contributed by atoms with van der Waals surface area (Å²) < 4.78 is 7.35. The summed E-state index contributed by atoms with van der Waals surface area (Å²) in [5.74, 6) is -0.0904. The lowest BCUT2D eigenvalue weighted by Gasteiger charge is -2.14. The number of carbonyl (C=O) groups is 1. The number of nitro benzene ring substituents is 1. The quantitative estimate of drug-likeness (QED) is 0.119. The van der Waals surface area contributed by atoms with E-state index in [0.29, 0.717) is 27.6 Å². The molecule has 0 saturated carbocycles. The Kier molecular flexibility index (Phi) is 5.35. The lowest BCUT2D eigenvalue weighted by atomic mass is 10.1. The summed E-state index contributed by atoms with van der Waals surface area (Å²) in [4.78, 5) is 36.1. The van der Waals surface area contributed by atoms with Crippen molar-refractivity contribution in [3.63, 3.8) is 0 Å². The van der Waals surface area contributed by atoms with Crippen LogP contribution in [0.4, 0.5) is 5.69 Å². The first-order valence-corrected chi connectivity index (χ1v) is 10.6. The van der Waals surface area contributed by atoms with Gasteiger partial charge in [-0.15, -0.1) is 0 Å². The molecule has 4 aromatic carbocycles. The number of ether oxygens (including phenoxy) is 1. The highest BCUT2D eigenvalue weighted by Crippen LogP contribution is 2.25. The number of para-hydroxylation sites is 2. The summed E-state index contributed by atoms with van der Waals surface area (Å²) in [5.41, 5.74) is 2.93. The molecule has 0 aliphatic rings. The Balaban J connectivity index is 1.40. The van der Waals surface area contributed by atoms with E-state index >= 15 is 0 Å². The number of aromatic nitrogens is 1. The number of carbonyl (C=O) groups excluding carboxylic acids is 1. The van der Waals surface area contributed by atoms with Crippen molar-refractivity contribution in [2.45, 2.75) is 6.54 Å². The van der Waals surface area contributed by atoms with Crippen LogP contribution in [0.25, 0.3) is 32.9 Å². The molecule has 1 heterocycles. The van der Waals surface area contributed by atoms with E-state index in [1.807, 2.05) is 24.3 Å². The van der Waals surface area contributed by atoms with Crippen LogP contribution < -0.4 is 10.2 Å². The average molecular weight is 450 g/mol. The number of rotatable bonds is 5. The fourth-order valence-electron chi connectivity index (χ4n) is 4.03. The molecule has 0 spiro atoms. The molecule has 0 atom stereocenters. The summed E-state index contributed by atoms with van der Waals surface area (Å²) in [6.07, 6.45) is 0. The Labute approximate surface area is 193 Å². The van der Waals surface area contributed by atoms with Gasteiger partial charge in [0.25, 0.3) is 5.69 Å². The Morgan fingerprint density at radius 1 is 0.765 bits per heavy atom. The molecule has 166 valence electrons. The number of non-ortho nitro benzene ring substituents is 1. The first-order chi connectivity index (χ1) is 16.5. The third-order valence-corrected chi connectivity index (χ3v) is 5.66. The maximum absolute atomic E-state index is 12.9. The molecule has 34 heavy (non-hydrogen) atoms. The standard InChI is InChI=1S/C27H18N2O5/c30-26(34-21-15-11-19(12-16-21)18-9-13-20(14-10-18)29(32)33)17-28-24-7-3-1-5-22(24)27(31)23-6-2-4-8-25(23)28/h1-16H,17H2. The van der Waals surface area contributed by atoms with Crippen molar-refractivity contribution in [2.24, 2.45) is 0 Å². The normalized spacial score (nSPS) is 10.9. The fourth-order valence-corrected chi connectivity index (χ4v) is 4.03. The molecule has 5 rings (SSSR count). The number of benzene rings is 4. The predicted octanol–water partition coefficient (Wildman–Crippen LogP) is 5.34. The summed E-state index contributed by atoms with van der Waals surface area (Å²) >= 11 is 0. The number of hydrogen-bond donors (Lipinski definition) is 0. The van der Waals surface area contributed by atoms with Crippen LogP contribution in [0.1, 0.15) is 0 Å². The van der Waals surface area contributed by atoms with Gasteiger partial charge in [-0.1, -0.05) is 36.4 Å². The molecular formula is C27H18N2O5. The zero-order valence-corrected chi connectivity index (χ0v) is 17.9. The molecule has 0 radical (unpaired) electrons. The second-order valence-electron chi connectivity index (χ2n) is 7.75. The molecule has 7 nitrogen and oxygen atoms in total. The van der Waals surface area contributed by atoms with E-state index in [1.54, 1.807) is 65.2 Å². The largest absolute Gasteiger partial charge is 0.425 e. The number of esters is 1. The molecule has 1 aromatic heterocycles. The van der Waals surface area contributed by atoms with Crippen molar-refractivity contribution in [3.8, 4) is 16.9 Å². The van der Waals surface area contributed by atoms with E-state index in [4.69, 9.17) is 4.74 Å². The van der Waals surface area contributed by atoms with Crippen molar-refractivity contribution < 1.29 is 14.5 Å². The van der Waals surface area contributed by atoms with Crippen LogP contribution in [0.15, 0.2) is 102 Å². The van der Waals surface area contributed by atoms with E-state index in [0.717, 1.165) is 11.1 Å². The topological polar surface area (TPSA) is 91.4 Å². The Morgan fingerprint density at radius 2 is 1.26 bits per heavy atom. The summed E-state index contributed by atoms with van der Waals surface area (Å²) in [5, 5.41) is 11.9. The van der Waals surface area contributed by atoms with Gasteiger partial charge in [-0.2, -0.15) is 0 Å². The Morgan fingerprint density at radius 3 is 1.79 bits per heavy atom. The SMILES string of the molecule is O=C(Cn1c2ccccc2c(=O)c2ccccc21)Oc1ccc(-c2ccc([N+](=O)[O-])cc2)cc1. The third-order valence-electron chi connectivity index (χ3n) is 5.66. The predicted molar refractivity (Wildman–Crippen MR) is 130 cm³/mol. The van der Waals surface area contributed by atoms with E-state index in [-0.39, 0.29) is 17.7 Å². The van der Waals surface area contributed by atoms with Crippen molar-refractivity contribution in [2.75, 3.05) is 0 Å². The van der Waals surface area contributed by atoms with Gasteiger partial charge in [0.2, 0.25) is 0 Å². The van der Waals surface area contributed by atoms with Gasteiger partial charge < -0.3 is 9.30 Å². The van der Waals surface area contributed by atoms with Crippen LogP contribution >= 0.6 is 0 Å². The number of hydrogen-bond acceptors (Lipinski definition) is 5. The van der Waals surface area contributed by atoms with Gasteiger partial charge in [-0.25, -0.2) is 4.79 Å². The summed E-state index contributed by atoms with van der Waals surface area (Å²) in [7, 11) is 0. The van der Waals surface area contributed by atoms with E-state index < -0.39 is 10.9 Å². The van der Waals surface area contributed by atoms with E-state index in [9.17, 15) is 19.7 Å². The zero-order valence-electron chi connectivity index (χ0n) is 17.9. The highest BCUT2D eigenvalue weighted by Gasteiger charge is 2.14. The lowest BCUT2D eigenvalue weighted by Crippen LogP contribution is -2.19. The van der Waals surface area contributed by atoms with Crippen molar-refractivity contribution in [1.29, 1.82) is 0 Å². The van der Waals surface area contributed by atoms with Crippen molar-refractivity contribution in [3.05, 3.63) is 117 Å².